The minimum atomic E-state index is -0.224. The smallest absolute Gasteiger partial charge is 0.278 e. The highest BCUT2D eigenvalue weighted by Crippen LogP contribution is 2.19. The molecular weight excluding hydrogens is 310 g/mol. The van der Waals surface area contributed by atoms with Gasteiger partial charge in [-0.05, 0) is 17.7 Å². The minimum Gasteiger partial charge on any atom is -0.278 e. The predicted octanol–water partition coefficient (Wildman–Crippen LogP) is 3.20. The second kappa shape index (κ2) is 7.11. The molecule has 0 atom stereocenters. The van der Waals surface area contributed by atoms with Gasteiger partial charge in [0.05, 0.1) is 23.7 Å². The van der Waals surface area contributed by atoms with Gasteiger partial charge < -0.3 is 0 Å². The van der Waals surface area contributed by atoms with Crippen molar-refractivity contribution >= 4 is 34.3 Å². The van der Waals surface area contributed by atoms with Crippen LogP contribution in [0.1, 0.15) is 5.56 Å². The van der Waals surface area contributed by atoms with E-state index in [0.717, 1.165) is 23.0 Å². The Bertz CT molecular complexity index is 716. The van der Waals surface area contributed by atoms with E-state index in [1.165, 1.54) is 4.90 Å². The van der Waals surface area contributed by atoms with Gasteiger partial charge in [0.15, 0.2) is 0 Å². The molecule has 0 radical (unpaired) electrons. The van der Waals surface area contributed by atoms with Crippen LogP contribution < -0.4 is 5.43 Å². The average molecular weight is 325 g/mol. The maximum atomic E-state index is 11.8. The lowest BCUT2D eigenvalue weighted by Gasteiger charge is -2.15. The summed E-state index contributed by atoms with van der Waals surface area (Å²) in [5, 5.41) is 4.18. The number of nitrogens with zero attached hydrogens (tertiary/aromatic N) is 2. The monoisotopic (exact) mass is 325 g/mol. The van der Waals surface area contributed by atoms with Gasteiger partial charge in [-0.25, -0.2) is 0 Å². The number of hydrogen-bond acceptors (Lipinski definition) is 5. The van der Waals surface area contributed by atoms with Gasteiger partial charge in [-0.3, -0.25) is 19.9 Å². The molecule has 0 bridgehead atoms. The van der Waals surface area contributed by atoms with E-state index in [4.69, 9.17) is 0 Å². The molecule has 2 aromatic rings. The van der Waals surface area contributed by atoms with Crippen molar-refractivity contribution in [2.45, 2.75) is 0 Å². The Morgan fingerprint density at radius 2 is 1.70 bits per heavy atom. The highest BCUT2D eigenvalue weighted by atomic mass is 32.2. The molecule has 1 heterocycles. The van der Waals surface area contributed by atoms with Crippen LogP contribution in [0.15, 0.2) is 65.8 Å². The number of nitrogens with one attached hydrogen (secondary N) is 1. The molecule has 6 heteroatoms. The van der Waals surface area contributed by atoms with Gasteiger partial charge in [-0.1, -0.05) is 60.3 Å². The summed E-state index contributed by atoms with van der Waals surface area (Å²) in [6.07, 6.45) is 0. The topological polar surface area (TPSA) is 61.8 Å². The third kappa shape index (κ3) is 3.78. The molecular formula is C17H15N3O2S. The van der Waals surface area contributed by atoms with Crippen LogP contribution >= 0.6 is 11.8 Å². The summed E-state index contributed by atoms with van der Waals surface area (Å²) in [5.41, 5.74) is 5.33. The first-order chi connectivity index (χ1) is 11.2. The zero-order chi connectivity index (χ0) is 16.1. The van der Waals surface area contributed by atoms with Crippen molar-refractivity contribution in [2.75, 3.05) is 17.7 Å². The summed E-state index contributed by atoms with van der Waals surface area (Å²) in [5.74, 6) is 0.0239. The number of thioether (sulfide) groups is 1. The highest BCUT2D eigenvalue weighted by Gasteiger charge is 2.31. The number of benzene rings is 2. The number of rotatable bonds is 5. The van der Waals surface area contributed by atoms with Crippen LogP contribution in [0.5, 0.6) is 0 Å². The second-order valence-corrected chi connectivity index (χ2v) is 5.86. The molecule has 3 rings (SSSR count). The van der Waals surface area contributed by atoms with Crippen LogP contribution in [-0.4, -0.2) is 34.1 Å². The fraction of sp³-hybridized carbons (Fsp3) is 0.118. The van der Waals surface area contributed by atoms with Crippen molar-refractivity contribution in [3.05, 3.63) is 66.2 Å². The van der Waals surface area contributed by atoms with Gasteiger partial charge in [-0.2, -0.15) is 5.10 Å². The largest absolute Gasteiger partial charge is 0.289 e. The first kappa shape index (κ1) is 15.3. The number of carbonyl (C=O) groups is 2. The molecule has 1 aliphatic rings. The SMILES string of the molecule is O=C1CSC(=O)N1C/C(=N/Nc1ccccc1)c1ccccc1. The summed E-state index contributed by atoms with van der Waals surface area (Å²) in [7, 11) is 0. The Hall–Kier alpha value is -2.60. The standard InChI is InChI=1S/C17H15N3O2S/c21-16-12-23-17(22)20(16)11-15(13-7-3-1-4-8-13)19-18-14-9-5-2-6-10-14/h1-10,18H,11-12H2/b19-15-. The highest BCUT2D eigenvalue weighted by molar-refractivity contribution is 8.14. The molecule has 1 aliphatic heterocycles. The molecule has 0 saturated carbocycles. The van der Waals surface area contributed by atoms with Crippen LogP contribution in [0.25, 0.3) is 0 Å². The van der Waals surface area contributed by atoms with E-state index in [1.54, 1.807) is 0 Å². The fourth-order valence-electron chi connectivity index (χ4n) is 2.15. The normalized spacial score (nSPS) is 15.1. The lowest BCUT2D eigenvalue weighted by atomic mass is 10.1. The Morgan fingerprint density at radius 1 is 1.04 bits per heavy atom. The molecule has 116 valence electrons. The van der Waals surface area contributed by atoms with Gasteiger partial charge in [0.2, 0.25) is 5.91 Å². The molecule has 0 unspecified atom stereocenters. The van der Waals surface area contributed by atoms with Gasteiger partial charge >= 0.3 is 0 Å². The molecule has 0 aromatic heterocycles. The lowest BCUT2D eigenvalue weighted by Crippen LogP contribution is -2.34. The summed E-state index contributed by atoms with van der Waals surface area (Å²) >= 11 is 1.03. The van der Waals surface area contributed by atoms with E-state index < -0.39 is 0 Å². The molecule has 5 nitrogen and oxygen atoms in total. The third-order valence-electron chi connectivity index (χ3n) is 3.35. The van der Waals surface area contributed by atoms with Crippen LogP contribution in [-0.2, 0) is 4.79 Å². The summed E-state index contributed by atoms with van der Waals surface area (Å²) in [6, 6.07) is 19.1. The van der Waals surface area contributed by atoms with Crippen LogP contribution in [0.2, 0.25) is 0 Å². The van der Waals surface area contributed by atoms with Gasteiger partial charge in [-0.15, -0.1) is 0 Å². The Balaban J connectivity index is 1.85. The first-order valence-electron chi connectivity index (χ1n) is 7.14. The molecule has 1 saturated heterocycles. The lowest BCUT2D eigenvalue weighted by molar-refractivity contribution is -0.124. The number of hydrazone groups is 1. The van der Waals surface area contributed by atoms with Crippen molar-refractivity contribution in [1.82, 2.24) is 4.90 Å². The van der Waals surface area contributed by atoms with E-state index in [-0.39, 0.29) is 23.4 Å². The fourth-order valence-corrected chi connectivity index (χ4v) is 2.88. The van der Waals surface area contributed by atoms with E-state index in [0.29, 0.717) is 5.71 Å². The minimum absolute atomic E-state index is 0.161. The molecule has 2 aromatic carbocycles. The maximum absolute atomic E-state index is 11.8. The summed E-state index contributed by atoms with van der Waals surface area (Å²) in [6.45, 7) is 0.161. The Kier molecular flexibility index (Phi) is 4.73. The maximum Gasteiger partial charge on any atom is 0.289 e. The van der Waals surface area contributed by atoms with Crippen LogP contribution in [0.4, 0.5) is 10.5 Å². The second-order valence-electron chi connectivity index (χ2n) is 4.94. The van der Waals surface area contributed by atoms with Gasteiger partial charge in [0.1, 0.15) is 0 Å². The zero-order valence-corrected chi connectivity index (χ0v) is 13.1. The molecule has 2 amide bonds. The number of para-hydroxylation sites is 1. The number of amides is 2. The zero-order valence-electron chi connectivity index (χ0n) is 12.3. The van der Waals surface area contributed by atoms with Crippen molar-refractivity contribution in [3.63, 3.8) is 0 Å². The third-order valence-corrected chi connectivity index (χ3v) is 4.21. The Labute approximate surface area is 138 Å². The van der Waals surface area contributed by atoms with Gasteiger partial charge in [0, 0.05) is 0 Å². The van der Waals surface area contributed by atoms with E-state index in [2.05, 4.69) is 10.5 Å². The molecule has 1 N–H and O–H groups in total. The van der Waals surface area contributed by atoms with E-state index in [9.17, 15) is 9.59 Å². The van der Waals surface area contributed by atoms with Crippen LogP contribution in [0, 0.1) is 0 Å². The quantitative estimate of drug-likeness (QED) is 0.677. The summed E-state index contributed by atoms with van der Waals surface area (Å²) < 4.78 is 0. The van der Waals surface area contributed by atoms with Crippen molar-refractivity contribution in [1.29, 1.82) is 0 Å². The van der Waals surface area contributed by atoms with E-state index in [1.807, 2.05) is 60.7 Å². The number of carbonyl (C=O) groups excluding carboxylic acids is 2. The number of hydrogen-bond donors (Lipinski definition) is 1. The van der Waals surface area contributed by atoms with E-state index >= 15 is 0 Å². The van der Waals surface area contributed by atoms with Gasteiger partial charge in [0.25, 0.3) is 5.24 Å². The predicted molar refractivity (Wildman–Crippen MR) is 92.6 cm³/mol. The van der Waals surface area contributed by atoms with Crippen LogP contribution in [0.3, 0.4) is 0 Å². The van der Waals surface area contributed by atoms with Crippen molar-refractivity contribution < 1.29 is 9.59 Å². The molecule has 0 aliphatic carbocycles. The van der Waals surface area contributed by atoms with Crippen molar-refractivity contribution in [3.8, 4) is 0 Å². The van der Waals surface area contributed by atoms with Crippen molar-refractivity contribution in [2.24, 2.45) is 5.10 Å². The average Bonchev–Trinajstić information content (AvgIpc) is 2.92. The number of anilines is 1. The summed E-state index contributed by atoms with van der Waals surface area (Å²) in [4.78, 5) is 24.9. The Morgan fingerprint density at radius 3 is 2.30 bits per heavy atom. The molecule has 0 spiro atoms. The first-order valence-corrected chi connectivity index (χ1v) is 8.13. The molecule has 1 fully saturated rings. The molecule has 23 heavy (non-hydrogen) atoms. The number of imide groups is 1.